The maximum absolute atomic E-state index is 11.7. The zero-order valence-corrected chi connectivity index (χ0v) is 11.1. The van der Waals surface area contributed by atoms with Gasteiger partial charge in [0, 0.05) is 19.8 Å². The average molecular weight is 299 g/mol. The first-order valence-corrected chi connectivity index (χ1v) is 6.53. The molecule has 17 heavy (non-hydrogen) atoms. The minimum absolute atomic E-state index is 0.120. The highest BCUT2D eigenvalue weighted by atomic mass is 79.9. The lowest BCUT2D eigenvalue weighted by molar-refractivity contribution is 0.0945. The number of hydrogen-bond donors (Lipinski definition) is 1. The molecule has 0 aromatic carbocycles. The molecule has 0 aliphatic carbocycles. The molecule has 2 heterocycles. The number of nitrogens with zero attached hydrogens (tertiary/aromatic N) is 1. The molecule has 1 aliphatic rings. The molecule has 1 aromatic rings. The summed E-state index contributed by atoms with van der Waals surface area (Å²) < 4.78 is 5.96. The van der Waals surface area contributed by atoms with Gasteiger partial charge in [0.25, 0.3) is 5.91 Å². The van der Waals surface area contributed by atoms with Crippen molar-refractivity contribution < 1.29 is 9.53 Å². The van der Waals surface area contributed by atoms with Crippen LogP contribution in [-0.4, -0.2) is 30.6 Å². The van der Waals surface area contributed by atoms with E-state index in [4.69, 9.17) is 4.74 Å². The molecule has 1 unspecified atom stereocenters. The van der Waals surface area contributed by atoms with Gasteiger partial charge < -0.3 is 10.1 Å². The molecule has 4 nitrogen and oxygen atoms in total. The molecule has 0 radical (unpaired) electrons. The van der Waals surface area contributed by atoms with Gasteiger partial charge in [-0.15, -0.1) is 0 Å². The lowest BCUT2D eigenvalue weighted by atomic mass is 10.1. The summed E-state index contributed by atoms with van der Waals surface area (Å²) in [5, 5.41) is 2.88. The second-order valence-corrected chi connectivity index (χ2v) is 4.93. The van der Waals surface area contributed by atoms with E-state index in [1.807, 2.05) is 0 Å². The SMILES string of the molecule is O=C(NCCC1CCOC1)c1cccc(Br)n1. The Bertz CT molecular complexity index is 392. The van der Waals surface area contributed by atoms with Gasteiger partial charge in [0.1, 0.15) is 10.3 Å². The summed E-state index contributed by atoms with van der Waals surface area (Å²) in [7, 11) is 0. The number of hydrogen-bond acceptors (Lipinski definition) is 3. The fourth-order valence-corrected chi connectivity index (χ4v) is 2.17. The van der Waals surface area contributed by atoms with Gasteiger partial charge in [-0.3, -0.25) is 4.79 Å². The molecule has 0 bridgehead atoms. The number of amides is 1. The minimum atomic E-state index is -0.120. The molecule has 5 heteroatoms. The molecule has 1 N–H and O–H groups in total. The van der Waals surface area contributed by atoms with Crippen molar-refractivity contribution in [1.29, 1.82) is 0 Å². The van der Waals surface area contributed by atoms with Crippen molar-refractivity contribution in [1.82, 2.24) is 10.3 Å². The molecule has 1 amide bonds. The van der Waals surface area contributed by atoms with Crippen LogP contribution in [0.3, 0.4) is 0 Å². The number of carbonyl (C=O) groups excluding carboxylic acids is 1. The number of nitrogens with one attached hydrogen (secondary N) is 1. The molecule has 0 spiro atoms. The van der Waals surface area contributed by atoms with Crippen molar-refractivity contribution in [3.8, 4) is 0 Å². The van der Waals surface area contributed by atoms with Crippen LogP contribution in [0.1, 0.15) is 23.3 Å². The molecule has 1 saturated heterocycles. The van der Waals surface area contributed by atoms with E-state index in [1.54, 1.807) is 18.2 Å². The van der Waals surface area contributed by atoms with Gasteiger partial charge in [-0.05, 0) is 46.8 Å². The molecule has 1 aromatic heterocycles. The fourth-order valence-electron chi connectivity index (χ4n) is 1.83. The predicted molar refractivity (Wildman–Crippen MR) is 67.8 cm³/mol. The van der Waals surface area contributed by atoms with E-state index in [9.17, 15) is 4.79 Å². The topological polar surface area (TPSA) is 51.2 Å². The van der Waals surface area contributed by atoms with Crippen LogP contribution >= 0.6 is 15.9 Å². The summed E-state index contributed by atoms with van der Waals surface area (Å²) in [6, 6.07) is 5.31. The van der Waals surface area contributed by atoms with Crippen LogP contribution in [0.5, 0.6) is 0 Å². The Kier molecular flexibility index (Phi) is 4.50. The van der Waals surface area contributed by atoms with Crippen molar-refractivity contribution in [3.63, 3.8) is 0 Å². The van der Waals surface area contributed by atoms with Gasteiger partial charge in [0.05, 0.1) is 0 Å². The first-order chi connectivity index (χ1) is 8.25. The highest BCUT2D eigenvalue weighted by Gasteiger charge is 2.15. The standard InChI is InChI=1S/C12H15BrN2O2/c13-11-3-1-2-10(15-11)12(16)14-6-4-9-5-7-17-8-9/h1-3,9H,4-8H2,(H,14,16). The van der Waals surface area contributed by atoms with E-state index < -0.39 is 0 Å². The van der Waals surface area contributed by atoms with Crippen LogP contribution in [0.15, 0.2) is 22.8 Å². The van der Waals surface area contributed by atoms with Crippen molar-refractivity contribution in [2.45, 2.75) is 12.8 Å². The predicted octanol–water partition coefficient (Wildman–Crippen LogP) is 2.00. The van der Waals surface area contributed by atoms with E-state index in [2.05, 4.69) is 26.2 Å². The Labute approximate surface area is 109 Å². The van der Waals surface area contributed by atoms with E-state index >= 15 is 0 Å². The Morgan fingerprint density at radius 1 is 1.59 bits per heavy atom. The zero-order chi connectivity index (χ0) is 12.1. The highest BCUT2D eigenvalue weighted by Crippen LogP contribution is 2.15. The van der Waals surface area contributed by atoms with Crippen LogP contribution in [0.2, 0.25) is 0 Å². The Morgan fingerprint density at radius 3 is 3.18 bits per heavy atom. The molecule has 1 atom stereocenters. The molecular formula is C12H15BrN2O2. The number of ether oxygens (including phenoxy) is 1. The lowest BCUT2D eigenvalue weighted by Gasteiger charge is -2.08. The molecule has 92 valence electrons. The lowest BCUT2D eigenvalue weighted by Crippen LogP contribution is -2.26. The summed E-state index contributed by atoms with van der Waals surface area (Å²) in [5.74, 6) is 0.469. The van der Waals surface area contributed by atoms with Gasteiger partial charge in [-0.2, -0.15) is 0 Å². The first kappa shape index (κ1) is 12.5. The maximum Gasteiger partial charge on any atom is 0.269 e. The van der Waals surface area contributed by atoms with Crippen molar-refractivity contribution in [2.24, 2.45) is 5.92 Å². The summed E-state index contributed by atoms with van der Waals surface area (Å²) in [4.78, 5) is 15.8. The van der Waals surface area contributed by atoms with Crippen molar-refractivity contribution >= 4 is 21.8 Å². The van der Waals surface area contributed by atoms with Crippen LogP contribution in [0, 0.1) is 5.92 Å². The Balaban J connectivity index is 1.77. The number of halogens is 1. The van der Waals surface area contributed by atoms with E-state index in [-0.39, 0.29) is 5.91 Å². The van der Waals surface area contributed by atoms with Crippen LogP contribution in [0.4, 0.5) is 0 Å². The van der Waals surface area contributed by atoms with Gasteiger partial charge in [-0.25, -0.2) is 4.98 Å². The van der Waals surface area contributed by atoms with Crippen molar-refractivity contribution in [2.75, 3.05) is 19.8 Å². The molecule has 0 saturated carbocycles. The highest BCUT2D eigenvalue weighted by molar-refractivity contribution is 9.10. The molecule has 1 aliphatic heterocycles. The van der Waals surface area contributed by atoms with Gasteiger partial charge in [-0.1, -0.05) is 6.07 Å². The average Bonchev–Trinajstić information content (AvgIpc) is 2.82. The third-order valence-electron chi connectivity index (χ3n) is 2.81. The second kappa shape index (κ2) is 6.12. The van der Waals surface area contributed by atoms with Crippen LogP contribution < -0.4 is 5.32 Å². The molecular weight excluding hydrogens is 284 g/mol. The Morgan fingerprint density at radius 2 is 2.47 bits per heavy atom. The smallest absolute Gasteiger partial charge is 0.269 e. The maximum atomic E-state index is 11.7. The second-order valence-electron chi connectivity index (χ2n) is 4.12. The number of aromatic nitrogens is 1. The minimum Gasteiger partial charge on any atom is -0.381 e. The monoisotopic (exact) mass is 298 g/mol. The summed E-state index contributed by atoms with van der Waals surface area (Å²) in [5.41, 5.74) is 0.446. The molecule has 1 fully saturated rings. The fraction of sp³-hybridized carbons (Fsp3) is 0.500. The largest absolute Gasteiger partial charge is 0.381 e. The van der Waals surface area contributed by atoms with Gasteiger partial charge in [0.15, 0.2) is 0 Å². The van der Waals surface area contributed by atoms with Gasteiger partial charge in [0.2, 0.25) is 0 Å². The van der Waals surface area contributed by atoms with Gasteiger partial charge >= 0.3 is 0 Å². The summed E-state index contributed by atoms with van der Waals surface area (Å²) in [6.45, 7) is 2.36. The van der Waals surface area contributed by atoms with Crippen molar-refractivity contribution in [3.05, 3.63) is 28.5 Å². The van der Waals surface area contributed by atoms with E-state index in [1.165, 1.54) is 0 Å². The van der Waals surface area contributed by atoms with E-state index in [0.29, 0.717) is 22.8 Å². The third kappa shape index (κ3) is 3.78. The zero-order valence-electron chi connectivity index (χ0n) is 9.49. The summed E-state index contributed by atoms with van der Waals surface area (Å²) >= 11 is 3.24. The normalized spacial score (nSPS) is 19.2. The number of pyridine rings is 1. The number of carbonyl (C=O) groups is 1. The van der Waals surface area contributed by atoms with Crippen LogP contribution in [0.25, 0.3) is 0 Å². The number of rotatable bonds is 4. The van der Waals surface area contributed by atoms with E-state index in [0.717, 1.165) is 26.1 Å². The summed E-state index contributed by atoms with van der Waals surface area (Å²) in [6.07, 6.45) is 2.07. The Hall–Kier alpha value is -0.940. The molecule has 2 rings (SSSR count). The first-order valence-electron chi connectivity index (χ1n) is 5.74. The third-order valence-corrected chi connectivity index (χ3v) is 3.25. The van der Waals surface area contributed by atoms with Crippen LogP contribution in [-0.2, 0) is 4.74 Å². The quantitative estimate of drug-likeness (QED) is 0.865.